The minimum atomic E-state index is 0.536. The van der Waals surface area contributed by atoms with Gasteiger partial charge in [0.2, 0.25) is 0 Å². The molecule has 0 spiro atoms. The van der Waals surface area contributed by atoms with Crippen molar-refractivity contribution in [2.24, 2.45) is 5.41 Å². The van der Waals surface area contributed by atoms with Gasteiger partial charge in [-0.1, -0.05) is 13.8 Å². The molecular weight excluding hydrogens is 100 g/mol. The molecular formula is C7H14O. The average molecular weight is 114 g/mol. The lowest BCUT2D eigenvalue weighted by atomic mass is 10.1. The highest BCUT2D eigenvalue weighted by Crippen LogP contribution is 2.49. The Hall–Kier alpha value is -0.0400. The van der Waals surface area contributed by atoms with E-state index >= 15 is 0 Å². The van der Waals surface area contributed by atoms with Gasteiger partial charge in [-0.05, 0) is 18.3 Å². The predicted molar refractivity (Wildman–Crippen MR) is 33.8 cm³/mol. The van der Waals surface area contributed by atoms with Crippen LogP contribution in [0.4, 0.5) is 0 Å². The van der Waals surface area contributed by atoms with Gasteiger partial charge in [-0.15, -0.1) is 0 Å². The van der Waals surface area contributed by atoms with Gasteiger partial charge in [0.05, 0.1) is 6.10 Å². The van der Waals surface area contributed by atoms with E-state index in [9.17, 15) is 0 Å². The maximum Gasteiger partial charge on any atom is 0.0631 e. The normalized spacial score (nSPS) is 44.6. The lowest BCUT2D eigenvalue weighted by Crippen LogP contribution is -2.00. The minimum absolute atomic E-state index is 0.536. The summed E-state index contributed by atoms with van der Waals surface area (Å²) in [5, 5.41) is 0. The monoisotopic (exact) mass is 114 g/mol. The molecule has 0 heterocycles. The van der Waals surface area contributed by atoms with Gasteiger partial charge in [0.25, 0.3) is 0 Å². The van der Waals surface area contributed by atoms with Crippen LogP contribution in [0.5, 0.6) is 0 Å². The highest BCUT2D eigenvalue weighted by atomic mass is 16.5. The van der Waals surface area contributed by atoms with E-state index in [0.29, 0.717) is 11.5 Å². The summed E-state index contributed by atoms with van der Waals surface area (Å²) >= 11 is 0. The van der Waals surface area contributed by atoms with Gasteiger partial charge >= 0.3 is 0 Å². The summed E-state index contributed by atoms with van der Waals surface area (Å²) < 4.78 is 5.17. The molecule has 0 N–H and O–H groups in total. The third-order valence-corrected chi connectivity index (χ3v) is 2.36. The first-order valence-corrected chi connectivity index (χ1v) is 3.26. The first kappa shape index (κ1) is 6.09. The summed E-state index contributed by atoms with van der Waals surface area (Å²) in [4.78, 5) is 0. The van der Waals surface area contributed by atoms with Crippen LogP contribution in [0, 0.1) is 5.41 Å². The number of hydrogen-bond acceptors (Lipinski definition) is 1. The molecule has 2 atom stereocenters. The van der Waals surface area contributed by atoms with Crippen LogP contribution in [-0.2, 0) is 4.74 Å². The van der Waals surface area contributed by atoms with E-state index in [-0.39, 0.29) is 0 Å². The molecule has 1 saturated carbocycles. The molecule has 0 aromatic carbocycles. The highest BCUT2D eigenvalue weighted by molar-refractivity contribution is 4.99. The van der Waals surface area contributed by atoms with E-state index < -0.39 is 0 Å². The summed E-state index contributed by atoms with van der Waals surface area (Å²) in [5.41, 5.74) is 0.536. The Kier molecular flexibility index (Phi) is 1.31. The Morgan fingerprint density at radius 3 is 2.50 bits per heavy atom. The van der Waals surface area contributed by atoms with E-state index in [4.69, 9.17) is 4.74 Å². The molecule has 48 valence electrons. The van der Waals surface area contributed by atoms with Crippen molar-refractivity contribution in [2.75, 3.05) is 7.11 Å². The smallest absolute Gasteiger partial charge is 0.0631 e. The molecule has 1 fully saturated rings. The quantitative estimate of drug-likeness (QED) is 0.532. The number of methoxy groups -OCH3 is 1. The minimum Gasteiger partial charge on any atom is -0.381 e. The van der Waals surface area contributed by atoms with Crippen LogP contribution < -0.4 is 0 Å². The lowest BCUT2D eigenvalue weighted by Gasteiger charge is -2.03. The first-order chi connectivity index (χ1) is 3.73. The fourth-order valence-corrected chi connectivity index (χ4v) is 1.10. The zero-order valence-electron chi connectivity index (χ0n) is 5.90. The van der Waals surface area contributed by atoms with Gasteiger partial charge < -0.3 is 4.74 Å². The molecule has 2 unspecified atom stereocenters. The van der Waals surface area contributed by atoms with Crippen molar-refractivity contribution in [3.05, 3.63) is 0 Å². The summed E-state index contributed by atoms with van der Waals surface area (Å²) in [6.07, 6.45) is 3.08. The van der Waals surface area contributed by atoms with Crippen LogP contribution in [0.3, 0.4) is 0 Å². The summed E-state index contributed by atoms with van der Waals surface area (Å²) in [7, 11) is 1.80. The summed E-state index contributed by atoms with van der Waals surface area (Å²) in [6, 6.07) is 0. The Bertz CT molecular complexity index is 90.4. The maximum atomic E-state index is 5.17. The number of rotatable bonds is 2. The maximum absolute atomic E-state index is 5.17. The van der Waals surface area contributed by atoms with Crippen LogP contribution in [0.2, 0.25) is 0 Å². The molecule has 8 heavy (non-hydrogen) atoms. The van der Waals surface area contributed by atoms with Crippen molar-refractivity contribution in [1.29, 1.82) is 0 Å². The number of ether oxygens (including phenoxy) is 1. The molecule has 1 nitrogen and oxygen atoms in total. The van der Waals surface area contributed by atoms with Crippen LogP contribution in [0.1, 0.15) is 26.7 Å². The molecule has 1 aliphatic rings. The molecule has 0 radical (unpaired) electrons. The average Bonchev–Trinajstić information content (AvgIpc) is 2.44. The predicted octanol–water partition coefficient (Wildman–Crippen LogP) is 1.82. The third kappa shape index (κ3) is 0.752. The van der Waals surface area contributed by atoms with Crippen LogP contribution >= 0.6 is 0 Å². The van der Waals surface area contributed by atoms with Crippen molar-refractivity contribution in [2.45, 2.75) is 32.8 Å². The molecule has 0 aliphatic heterocycles. The van der Waals surface area contributed by atoms with Gasteiger partial charge in [-0.2, -0.15) is 0 Å². The lowest BCUT2D eigenvalue weighted by molar-refractivity contribution is 0.147. The second-order valence-corrected chi connectivity index (χ2v) is 2.94. The SMILES string of the molecule is CCC1(C)CC1OC. The van der Waals surface area contributed by atoms with E-state index in [1.165, 1.54) is 12.8 Å². The molecule has 1 heteroatoms. The molecule has 1 rings (SSSR count). The topological polar surface area (TPSA) is 9.23 Å². The first-order valence-electron chi connectivity index (χ1n) is 3.26. The van der Waals surface area contributed by atoms with E-state index in [1.54, 1.807) is 7.11 Å². The molecule has 0 amide bonds. The second-order valence-electron chi connectivity index (χ2n) is 2.94. The highest BCUT2D eigenvalue weighted by Gasteiger charge is 2.48. The fourth-order valence-electron chi connectivity index (χ4n) is 1.10. The standard InChI is InChI=1S/C7H14O/c1-4-7(2)5-6(7)8-3/h6H,4-5H2,1-3H3. The zero-order chi connectivity index (χ0) is 6.20. The third-order valence-electron chi connectivity index (χ3n) is 2.36. The van der Waals surface area contributed by atoms with Crippen molar-refractivity contribution in [3.63, 3.8) is 0 Å². The molecule has 0 aromatic rings. The summed E-state index contributed by atoms with van der Waals surface area (Å²) in [6.45, 7) is 4.50. The van der Waals surface area contributed by atoms with Crippen molar-refractivity contribution >= 4 is 0 Å². The van der Waals surface area contributed by atoms with Crippen LogP contribution in [0.15, 0.2) is 0 Å². The second kappa shape index (κ2) is 1.73. The van der Waals surface area contributed by atoms with Gasteiger partial charge in [-0.3, -0.25) is 0 Å². The van der Waals surface area contributed by atoms with Gasteiger partial charge in [0, 0.05) is 7.11 Å². The van der Waals surface area contributed by atoms with Gasteiger partial charge in [-0.25, -0.2) is 0 Å². The summed E-state index contributed by atoms with van der Waals surface area (Å²) in [5.74, 6) is 0. The Balaban J connectivity index is 2.31. The van der Waals surface area contributed by atoms with Crippen molar-refractivity contribution in [1.82, 2.24) is 0 Å². The molecule has 1 aliphatic carbocycles. The Morgan fingerprint density at radius 1 is 1.75 bits per heavy atom. The molecule has 0 aromatic heterocycles. The molecule has 0 bridgehead atoms. The fraction of sp³-hybridized carbons (Fsp3) is 1.00. The van der Waals surface area contributed by atoms with Crippen molar-refractivity contribution < 1.29 is 4.74 Å². The van der Waals surface area contributed by atoms with Crippen LogP contribution in [0.25, 0.3) is 0 Å². The Labute approximate surface area is 51.0 Å². The largest absolute Gasteiger partial charge is 0.381 e. The van der Waals surface area contributed by atoms with E-state index in [0.717, 1.165) is 0 Å². The van der Waals surface area contributed by atoms with Gasteiger partial charge in [0.1, 0.15) is 0 Å². The van der Waals surface area contributed by atoms with Gasteiger partial charge in [0.15, 0.2) is 0 Å². The Morgan fingerprint density at radius 2 is 2.38 bits per heavy atom. The van der Waals surface area contributed by atoms with E-state index in [2.05, 4.69) is 13.8 Å². The number of hydrogen-bond donors (Lipinski definition) is 0. The van der Waals surface area contributed by atoms with Crippen LogP contribution in [-0.4, -0.2) is 13.2 Å². The zero-order valence-corrected chi connectivity index (χ0v) is 5.90. The molecule has 0 saturated heterocycles. The van der Waals surface area contributed by atoms with E-state index in [1.807, 2.05) is 0 Å². The van der Waals surface area contributed by atoms with Crippen molar-refractivity contribution in [3.8, 4) is 0 Å².